The Kier molecular flexibility index (Phi) is 4.80. The maximum absolute atomic E-state index is 12.7. The highest BCUT2D eigenvalue weighted by atomic mass is 31.2. The van der Waals surface area contributed by atoms with Gasteiger partial charge in [0.15, 0.2) is 0 Å². The van der Waals surface area contributed by atoms with Crippen LogP contribution in [-0.2, 0) is 4.57 Å². The van der Waals surface area contributed by atoms with Gasteiger partial charge in [0.2, 0.25) is 0 Å². The summed E-state index contributed by atoms with van der Waals surface area (Å²) in [7, 11) is -6.14. The minimum absolute atomic E-state index is 3.35. The van der Waals surface area contributed by atoms with Gasteiger partial charge in [0.1, 0.15) is 6.16 Å². The second-order valence-electron chi connectivity index (χ2n) is 3.75. The Balaban J connectivity index is 5.95. The van der Waals surface area contributed by atoms with Gasteiger partial charge in [-0.3, -0.25) is 4.57 Å². The van der Waals surface area contributed by atoms with Crippen molar-refractivity contribution in [2.24, 2.45) is 0 Å². The van der Waals surface area contributed by atoms with Gasteiger partial charge in [0.25, 0.3) is 0 Å². The molecule has 0 spiro atoms. The zero-order valence-corrected chi connectivity index (χ0v) is 10.0. The van der Waals surface area contributed by atoms with E-state index in [1.54, 1.807) is 0 Å². The standard InChI is InChI=1S/C6H4F11O3P/c7-2(8,1-21(18,19)20)3(9,10)4(11,12)5(13,14)6(15,16)17/h1H2,(H2,18,19,20). The van der Waals surface area contributed by atoms with Crippen molar-refractivity contribution in [3.05, 3.63) is 0 Å². The molecule has 2 N–H and O–H groups in total. The van der Waals surface area contributed by atoms with Crippen LogP contribution in [0.4, 0.5) is 48.3 Å². The molecule has 21 heavy (non-hydrogen) atoms. The van der Waals surface area contributed by atoms with E-state index in [4.69, 9.17) is 9.79 Å². The maximum Gasteiger partial charge on any atom is 0.460 e. The molecular formula is C6H4F11O3P. The first kappa shape index (κ1) is 20.4. The largest absolute Gasteiger partial charge is 0.460 e. The van der Waals surface area contributed by atoms with Gasteiger partial charge in [-0.25, -0.2) is 0 Å². The second kappa shape index (κ2) is 4.95. The van der Waals surface area contributed by atoms with E-state index in [1.165, 1.54) is 0 Å². The Morgan fingerprint density at radius 2 is 1.00 bits per heavy atom. The van der Waals surface area contributed by atoms with E-state index in [-0.39, 0.29) is 0 Å². The Bertz CT molecular complexity index is 436. The molecule has 0 amide bonds. The molecule has 0 aromatic rings. The van der Waals surface area contributed by atoms with Gasteiger partial charge in [0, 0.05) is 0 Å². The van der Waals surface area contributed by atoms with Gasteiger partial charge < -0.3 is 9.79 Å². The Labute approximate surface area is 107 Å². The predicted molar refractivity (Wildman–Crippen MR) is 42.8 cm³/mol. The number of hydrogen-bond acceptors (Lipinski definition) is 1. The van der Waals surface area contributed by atoms with Crippen LogP contribution in [0.25, 0.3) is 0 Å². The fraction of sp³-hybridized carbons (Fsp3) is 1.00. The van der Waals surface area contributed by atoms with Crippen LogP contribution in [0, 0.1) is 0 Å². The molecule has 0 saturated carbocycles. The summed E-state index contributed by atoms with van der Waals surface area (Å²) in [6.07, 6.45) is -10.7. The molecule has 0 aromatic carbocycles. The van der Waals surface area contributed by atoms with E-state index in [9.17, 15) is 52.9 Å². The monoisotopic (exact) mass is 364 g/mol. The molecule has 0 rings (SSSR count). The van der Waals surface area contributed by atoms with Gasteiger partial charge in [-0.1, -0.05) is 0 Å². The third kappa shape index (κ3) is 3.42. The molecule has 128 valence electrons. The lowest BCUT2D eigenvalue weighted by atomic mass is 9.99. The SMILES string of the molecule is O=P(O)(O)CC(F)(F)C(F)(F)C(F)(F)C(F)(F)C(F)(F)F. The normalized spacial score (nSPS) is 16.2. The number of rotatable bonds is 5. The van der Waals surface area contributed by atoms with Crippen LogP contribution in [0.1, 0.15) is 0 Å². The summed E-state index contributed by atoms with van der Waals surface area (Å²) in [5.74, 6) is -29.1. The highest BCUT2D eigenvalue weighted by molar-refractivity contribution is 7.51. The zero-order chi connectivity index (χ0) is 17.7. The van der Waals surface area contributed by atoms with Crippen molar-refractivity contribution >= 4 is 7.60 Å². The summed E-state index contributed by atoms with van der Waals surface area (Å²) in [5.41, 5.74) is 0. The molecular weight excluding hydrogens is 360 g/mol. The molecule has 0 saturated heterocycles. The third-order valence-electron chi connectivity index (χ3n) is 2.01. The first-order chi connectivity index (χ1) is 8.71. The van der Waals surface area contributed by atoms with E-state index in [0.29, 0.717) is 0 Å². The average molecular weight is 364 g/mol. The fourth-order valence-electron chi connectivity index (χ4n) is 0.963. The molecule has 0 unspecified atom stereocenters. The van der Waals surface area contributed by atoms with Crippen LogP contribution in [0.2, 0.25) is 0 Å². The van der Waals surface area contributed by atoms with Crippen LogP contribution in [0.5, 0.6) is 0 Å². The van der Waals surface area contributed by atoms with Crippen molar-refractivity contribution in [1.82, 2.24) is 0 Å². The van der Waals surface area contributed by atoms with E-state index in [0.717, 1.165) is 0 Å². The van der Waals surface area contributed by atoms with Gasteiger partial charge in [-0.2, -0.15) is 48.3 Å². The summed E-state index contributed by atoms with van der Waals surface area (Å²) in [6, 6.07) is 0. The number of halogens is 11. The Morgan fingerprint density at radius 3 is 1.24 bits per heavy atom. The van der Waals surface area contributed by atoms with Crippen LogP contribution < -0.4 is 0 Å². The molecule has 0 aliphatic rings. The van der Waals surface area contributed by atoms with E-state index in [2.05, 4.69) is 0 Å². The first-order valence-corrected chi connectivity index (χ1v) is 6.13. The van der Waals surface area contributed by atoms with Gasteiger partial charge >= 0.3 is 37.5 Å². The van der Waals surface area contributed by atoms with Crippen LogP contribution in [-0.4, -0.2) is 45.8 Å². The average Bonchev–Trinajstić information content (AvgIpc) is 2.10. The summed E-state index contributed by atoms with van der Waals surface area (Å²) < 4.78 is 146. The quantitative estimate of drug-likeness (QED) is 0.582. The number of alkyl halides is 11. The van der Waals surface area contributed by atoms with Crippen LogP contribution >= 0.6 is 7.60 Å². The molecule has 0 aliphatic carbocycles. The Hall–Kier alpha value is -0.620. The van der Waals surface area contributed by atoms with Gasteiger partial charge in [-0.15, -0.1) is 0 Å². The molecule has 0 radical (unpaired) electrons. The highest BCUT2D eigenvalue weighted by Gasteiger charge is 2.87. The summed E-state index contributed by atoms with van der Waals surface area (Å²) in [4.78, 5) is 16.0. The van der Waals surface area contributed by atoms with E-state index in [1.807, 2.05) is 0 Å². The molecule has 0 atom stereocenters. The molecule has 0 heterocycles. The van der Waals surface area contributed by atoms with Crippen molar-refractivity contribution in [1.29, 1.82) is 0 Å². The van der Waals surface area contributed by atoms with Crippen molar-refractivity contribution in [2.45, 2.75) is 29.9 Å². The molecule has 0 aromatic heterocycles. The summed E-state index contributed by atoms with van der Waals surface area (Å²) in [6.45, 7) is 0. The molecule has 0 aliphatic heterocycles. The van der Waals surface area contributed by atoms with Crippen molar-refractivity contribution in [3.8, 4) is 0 Å². The lowest BCUT2D eigenvalue weighted by Gasteiger charge is -2.37. The molecule has 3 nitrogen and oxygen atoms in total. The zero-order valence-electron chi connectivity index (χ0n) is 9.11. The lowest BCUT2D eigenvalue weighted by Crippen LogP contribution is -2.67. The van der Waals surface area contributed by atoms with E-state index >= 15 is 0 Å². The third-order valence-corrected chi connectivity index (χ3v) is 2.82. The van der Waals surface area contributed by atoms with Gasteiger partial charge in [0.05, 0.1) is 0 Å². The smallest absolute Gasteiger partial charge is 0.324 e. The molecule has 0 fully saturated rings. The van der Waals surface area contributed by atoms with Crippen LogP contribution in [0.15, 0.2) is 0 Å². The summed E-state index contributed by atoms with van der Waals surface area (Å²) in [5, 5.41) is 0. The van der Waals surface area contributed by atoms with Crippen molar-refractivity contribution in [2.75, 3.05) is 6.16 Å². The molecule has 0 bridgehead atoms. The highest BCUT2D eigenvalue weighted by Crippen LogP contribution is 2.59. The van der Waals surface area contributed by atoms with Crippen molar-refractivity contribution < 1.29 is 62.6 Å². The minimum atomic E-state index is -7.66. The minimum Gasteiger partial charge on any atom is -0.324 e. The predicted octanol–water partition coefficient (Wildman–Crippen LogP) is 3.27. The maximum atomic E-state index is 12.7. The second-order valence-corrected chi connectivity index (χ2v) is 5.39. The van der Waals surface area contributed by atoms with Crippen molar-refractivity contribution in [3.63, 3.8) is 0 Å². The fourth-order valence-corrected chi connectivity index (χ4v) is 1.68. The van der Waals surface area contributed by atoms with E-state index < -0.39 is 43.6 Å². The van der Waals surface area contributed by atoms with Gasteiger partial charge in [-0.05, 0) is 0 Å². The Morgan fingerprint density at radius 1 is 0.667 bits per heavy atom. The topological polar surface area (TPSA) is 57.5 Å². The molecule has 15 heteroatoms. The number of hydrogen-bond donors (Lipinski definition) is 2. The lowest BCUT2D eigenvalue weighted by molar-refractivity contribution is -0.419. The first-order valence-electron chi connectivity index (χ1n) is 4.33. The summed E-state index contributed by atoms with van der Waals surface area (Å²) >= 11 is 0. The van der Waals surface area contributed by atoms with Crippen LogP contribution in [0.3, 0.4) is 0 Å².